The molecule has 4 aromatic rings. The summed E-state index contributed by atoms with van der Waals surface area (Å²) in [7, 11) is 0.235. The lowest BCUT2D eigenvalue weighted by Crippen LogP contribution is -2.32. The van der Waals surface area contributed by atoms with Crippen molar-refractivity contribution in [2.45, 2.75) is 55.0 Å². The number of rotatable bonds is 17. The van der Waals surface area contributed by atoms with Gasteiger partial charge in [0.25, 0.3) is 21.6 Å². The molecule has 53 heavy (non-hydrogen) atoms. The number of nitro benzene ring substituents is 1. The Balaban J connectivity index is 1.48. The number of nitrogens with zero attached hydrogens (tertiary/aromatic N) is 2. The van der Waals surface area contributed by atoms with Crippen molar-refractivity contribution in [1.29, 1.82) is 0 Å². The number of sulfonamides is 1. The molecule has 15 heteroatoms. The van der Waals surface area contributed by atoms with Crippen LogP contribution in [0.2, 0.25) is 0 Å². The molecule has 0 saturated carbocycles. The zero-order valence-electron chi connectivity index (χ0n) is 30.1. The molecule has 0 saturated heterocycles. The van der Waals surface area contributed by atoms with Gasteiger partial charge in [0, 0.05) is 66.9 Å². The van der Waals surface area contributed by atoms with Crippen LogP contribution in [0, 0.1) is 10.1 Å². The molecular weight excluding hydrogens is 719 g/mol. The van der Waals surface area contributed by atoms with Crippen LogP contribution in [0.1, 0.15) is 42.6 Å². The minimum Gasteiger partial charge on any atom is -0.496 e. The number of nitro groups is 1. The van der Waals surface area contributed by atoms with Crippen molar-refractivity contribution in [3.63, 3.8) is 0 Å². The standard InChI is InChI=1S/C38H43N5O8S2/c1-25(2)39-36(44)20-12-26-11-18-32(35(21-26)51-5)27-13-15-28(16-14-27)38(46)41-53(49,50)31-17-19-33(34(23-31)43(47)48)40-29(22-37(45)42(3)4)24-52-30-9-7-6-8-10-30/h6-11,13-19,21,23,25,29,40H,12,20,22,24H2,1-5H3,(H,39,44)(H,41,46)/t29-/m1/s1. The molecule has 3 N–H and O–H groups in total. The van der Waals surface area contributed by atoms with Crippen molar-refractivity contribution in [1.82, 2.24) is 14.9 Å². The first kappa shape index (κ1) is 40.4. The van der Waals surface area contributed by atoms with Gasteiger partial charge in [-0.05, 0) is 73.9 Å². The van der Waals surface area contributed by atoms with Gasteiger partial charge < -0.3 is 20.3 Å². The first-order valence-corrected chi connectivity index (χ1v) is 19.2. The zero-order valence-corrected chi connectivity index (χ0v) is 31.8. The summed E-state index contributed by atoms with van der Waals surface area (Å²) in [6.07, 6.45) is 0.892. The number of methoxy groups -OCH3 is 1. The molecule has 1 atom stereocenters. The van der Waals surface area contributed by atoms with Crippen LogP contribution in [0.25, 0.3) is 11.1 Å². The highest BCUT2D eigenvalue weighted by molar-refractivity contribution is 7.99. The predicted octanol–water partition coefficient (Wildman–Crippen LogP) is 5.90. The SMILES string of the molecule is COc1cc(CCC(=O)NC(C)C)ccc1-c1ccc(C(=O)NS(=O)(=O)c2ccc(N[C@@H](CSc3ccccc3)CC(=O)N(C)C)c([N+](=O)[O-])c2)cc1. The summed E-state index contributed by atoms with van der Waals surface area (Å²) in [5, 5.41) is 18.0. The van der Waals surface area contributed by atoms with Gasteiger partial charge in [0.1, 0.15) is 11.4 Å². The molecule has 0 aromatic heterocycles. The van der Waals surface area contributed by atoms with Gasteiger partial charge in [0.2, 0.25) is 11.8 Å². The maximum absolute atomic E-state index is 13.3. The van der Waals surface area contributed by atoms with Crippen LogP contribution in [0.4, 0.5) is 11.4 Å². The van der Waals surface area contributed by atoms with Crippen LogP contribution in [0.15, 0.2) is 101 Å². The summed E-state index contributed by atoms with van der Waals surface area (Å²) in [5.41, 5.74) is 1.89. The molecule has 0 aliphatic carbocycles. The normalized spacial score (nSPS) is 11.7. The lowest BCUT2D eigenvalue weighted by atomic mass is 9.99. The average molecular weight is 762 g/mol. The van der Waals surface area contributed by atoms with E-state index >= 15 is 0 Å². The lowest BCUT2D eigenvalue weighted by Gasteiger charge is -2.21. The third-order valence-electron chi connectivity index (χ3n) is 7.99. The lowest BCUT2D eigenvalue weighted by molar-refractivity contribution is -0.384. The maximum atomic E-state index is 13.3. The minimum atomic E-state index is -4.53. The van der Waals surface area contributed by atoms with Gasteiger partial charge in [0.05, 0.1) is 16.9 Å². The Morgan fingerprint density at radius 3 is 2.26 bits per heavy atom. The number of aryl methyl sites for hydroxylation is 1. The Hall–Kier alpha value is -5.41. The van der Waals surface area contributed by atoms with Crippen LogP contribution in [0.3, 0.4) is 0 Å². The van der Waals surface area contributed by atoms with Gasteiger partial charge in [-0.3, -0.25) is 24.5 Å². The van der Waals surface area contributed by atoms with E-state index in [4.69, 9.17) is 4.74 Å². The van der Waals surface area contributed by atoms with Crippen LogP contribution < -0.4 is 20.1 Å². The van der Waals surface area contributed by atoms with Crippen molar-refractivity contribution in [2.75, 3.05) is 32.3 Å². The van der Waals surface area contributed by atoms with Crippen molar-refractivity contribution >= 4 is 50.9 Å². The molecule has 4 aromatic carbocycles. The Labute approximate surface area is 313 Å². The van der Waals surface area contributed by atoms with E-state index in [-0.39, 0.29) is 35.5 Å². The minimum absolute atomic E-state index is 0.0289. The molecule has 4 rings (SSSR count). The summed E-state index contributed by atoms with van der Waals surface area (Å²) in [5.74, 6) is -0.198. The highest BCUT2D eigenvalue weighted by Crippen LogP contribution is 2.32. The van der Waals surface area contributed by atoms with Gasteiger partial charge in [-0.2, -0.15) is 0 Å². The molecule has 3 amide bonds. The molecule has 0 bridgehead atoms. The highest BCUT2D eigenvalue weighted by atomic mass is 32.2. The van der Waals surface area contributed by atoms with E-state index in [0.717, 1.165) is 28.2 Å². The van der Waals surface area contributed by atoms with Crippen LogP contribution in [-0.2, 0) is 26.0 Å². The molecule has 0 aliphatic rings. The van der Waals surface area contributed by atoms with E-state index in [0.29, 0.717) is 29.9 Å². The van der Waals surface area contributed by atoms with E-state index in [2.05, 4.69) is 10.6 Å². The Morgan fingerprint density at radius 2 is 1.64 bits per heavy atom. The van der Waals surface area contributed by atoms with Gasteiger partial charge in [-0.15, -0.1) is 11.8 Å². The van der Waals surface area contributed by atoms with Gasteiger partial charge in [-0.1, -0.05) is 42.5 Å². The molecule has 0 aliphatic heterocycles. The molecule has 13 nitrogen and oxygen atoms in total. The first-order chi connectivity index (χ1) is 25.2. The fourth-order valence-electron chi connectivity index (χ4n) is 5.25. The first-order valence-electron chi connectivity index (χ1n) is 16.7. The van der Waals surface area contributed by atoms with Gasteiger partial charge in [0.15, 0.2) is 0 Å². The molecule has 0 fully saturated rings. The van der Waals surface area contributed by atoms with Gasteiger partial charge >= 0.3 is 0 Å². The topological polar surface area (TPSA) is 177 Å². The second-order valence-corrected chi connectivity index (χ2v) is 15.4. The van der Waals surface area contributed by atoms with E-state index in [1.807, 2.05) is 67.1 Å². The van der Waals surface area contributed by atoms with Crippen molar-refractivity contribution < 1.29 is 32.5 Å². The van der Waals surface area contributed by atoms with Crippen LogP contribution in [0.5, 0.6) is 5.75 Å². The molecule has 280 valence electrons. The number of ether oxygens (including phenoxy) is 1. The quantitative estimate of drug-likeness (QED) is 0.0667. The van der Waals surface area contributed by atoms with Crippen molar-refractivity contribution in [2.24, 2.45) is 0 Å². The highest BCUT2D eigenvalue weighted by Gasteiger charge is 2.26. The zero-order chi connectivity index (χ0) is 38.7. The number of nitrogens with one attached hydrogen (secondary N) is 3. The summed E-state index contributed by atoms with van der Waals surface area (Å²) in [6.45, 7) is 3.80. The number of hydrogen-bond donors (Lipinski definition) is 3. The third-order valence-corrected chi connectivity index (χ3v) is 10.5. The molecule has 0 unspecified atom stereocenters. The Morgan fingerprint density at radius 1 is 0.943 bits per heavy atom. The monoisotopic (exact) mass is 761 g/mol. The van der Waals surface area contributed by atoms with E-state index in [1.165, 1.54) is 42.0 Å². The molecule has 0 radical (unpaired) electrons. The van der Waals surface area contributed by atoms with Gasteiger partial charge in [-0.25, -0.2) is 13.1 Å². The summed E-state index contributed by atoms with van der Waals surface area (Å²) < 4.78 is 34.2. The molecular formula is C38H43N5O8S2. The van der Waals surface area contributed by atoms with E-state index in [9.17, 15) is 32.9 Å². The van der Waals surface area contributed by atoms with Crippen molar-refractivity contribution in [3.8, 4) is 16.9 Å². The smallest absolute Gasteiger partial charge is 0.293 e. The number of anilines is 1. The summed E-state index contributed by atoms with van der Waals surface area (Å²) >= 11 is 1.47. The number of carbonyl (C=O) groups excluding carboxylic acids is 3. The fraction of sp³-hybridized carbons (Fsp3) is 0.289. The maximum Gasteiger partial charge on any atom is 0.293 e. The number of benzene rings is 4. The average Bonchev–Trinajstić information content (AvgIpc) is 3.12. The fourth-order valence-corrected chi connectivity index (χ4v) is 7.19. The predicted molar refractivity (Wildman–Crippen MR) is 206 cm³/mol. The Kier molecular flexibility index (Phi) is 14.0. The Bertz CT molecular complexity index is 2040. The summed E-state index contributed by atoms with van der Waals surface area (Å²) in [6, 6.07) is 24.1. The summed E-state index contributed by atoms with van der Waals surface area (Å²) in [4.78, 5) is 51.0. The third kappa shape index (κ3) is 11.5. The van der Waals surface area contributed by atoms with Crippen molar-refractivity contribution in [3.05, 3.63) is 112 Å². The van der Waals surface area contributed by atoms with E-state index in [1.54, 1.807) is 26.2 Å². The molecule has 0 spiro atoms. The second kappa shape index (κ2) is 18.4. The number of thioether (sulfide) groups is 1. The number of amides is 3. The largest absolute Gasteiger partial charge is 0.496 e. The van der Waals surface area contributed by atoms with Crippen LogP contribution in [-0.4, -0.2) is 75.0 Å². The number of hydrogen-bond acceptors (Lipinski definition) is 10. The van der Waals surface area contributed by atoms with E-state index < -0.39 is 37.5 Å². The second-order valence-electron chi connectivity index (χ2n) is 12.7. The molecule has 0 heterocycles. The number of carbonyl (C=O) groups is 3. The van der Waals surface area contributed by atoms with Crippen LogP contribution >= 0.6 is 11.8 Å².